The van der Waals surface area contributed by atoms with Crippen LogP contribution in [0.2, 0.25) is 0 Å². The molecule has 0 spiro atoms. The molecular weight excluding hydrogens is 232 g/mol. The van der Waals surface area contributed by atoms with Crippen molar-refractivity contribution in [2.75, 3.05) is 0 Å². The molecule has 1 rings (SSSR count). The van der Waals surface area contributed by atoms with Crippen molar-refractivity contribution in [1.82, 2.24) is 0 Å². The molecule has 1 aromatic rings. The Morgan fingerprint density at radius 3 is 2.68 bits per heavy atom. The highest BCUT2D eigenvalue weighted by atomic mass is 16.3. The van der Waals surface area contributed by atoms with Gasteiger partial charge in [0, 0.05) is 5.57 Å². The van der Waals surface area contributed by atoms with E-state index in [1.807, 2.05) is 31.2 Å². The van der Waals surface area contributed by atoms with E-state index in [1.165, 1.54) is 5.56 Å². The Balaban J connectivity index is 3.25. The van der Waals surface area contributed by atoms with Crippen molar-refractivity contribution in [2.24, 2.45) is 0 Å². The first kappa shape index (κ1) is 15.0. The fourth-order valence-electron chi connectivity index (χ4n) is 1.80. The molecule has 0 saturated carbocycles. The molecule has 1 N–H and O–H groups in total. The molecule has 100 valence electrons. The number of allylic oxidation sites excluding steroid dienone is 5. The molecule has 0 aliphatic rings. The van der Waals surface area contributed by atoms with Crippen molar-refractivity contribution in [3.05, 3.63) is 78.1 Å². The third-order valence-corrected chi connectivity index (χ3v) is 2.97. The van der Waals surface area contributed by atoms with Crippen molar-refractivity contribution in [3.63, 3.8) is 0 Å². The Morgan fingerprint density at radius 2 is 2.11 bits per heavy atom. The molecule has 0 aliphatic carbocycles. The van der Waals surface area contributed by atoms with Crippen molar-refractivity contribution in [1.29, 1.82) is 0 Å². The minimum Gasteiger partial charge on any atom is -0.508 e. The molecule has 19 heavy (non-hydrogen) atoms. The summed E-state index contributed by atoms with van der Waals surface area (Å²) in [5.74, 6) is 0.283. The van der Waals surface area contributed by atoms with Crippen molar-refractivity contribution in [3.8, 4) is 0 Å². The first-order valence-electron chi connectivity index (χ1n) is 6.57. The first-order chi connectivity index (χ1) is 9.12. The molecule has 1 nitrogen and oxygen atoms in total. The normalized spacial score (nSPS) is 12.3. The second kappa shape index (κ2) is 7.42. The van der Waals surface area contributed by atoms with Gasteiger partial charge in [0.1, 0.15) is 5.76 Å². The number of aliphatic hydroxyl groups is 1. The van der Waals surface area contributed by atoms with Crippen LogP contribution in [-0.4, -0.2) is 5.11 Å². The van der Waals surface area contributed by atoms with Crippen LogP contribution in [0.1, 0.15) is 31.4 Å². The molecule has 0 heterocycles. The van der Waals surface area contributed by atoms with Crippen LogP contribution in [0, 0.1) is 0 Å². The minimum atomic E-state index is 0.283. The third kappa shape index (κ3) is 4.29. The highest BCUT2D eigenvalue weighted by Crippen LogP contribution is 2.24. The quantitative estimate of drug-likeness (QED) is 0.419. The largest absolute Gasteiger partial charge is 0.508 e. The average molecular weight is 254 g/mol. The lowest BCUT2D eigenvalue weighted by Crippen LogP contribution is -1.92. The van der Waals surface area contributed by atoms with Gasteiger partial charge in [-0.15, -0.1) is 6.58 Å². The predicted molar refractivity (Wildman–Crippen MR) is 84.1 cm³/mol. The molecule has 0 atom stereocenters. The lowest BCUT2D eigenvalue weighted by atomic mass is 9.98. The minimum absolute atomic E-state index is 0.283. The van der Waals surface area contributed by atoms with Gasteiger partial charge in [-0.1, -0.05) is 49.4 Å². The van der Waals surface area contributed by atoms with Crippen LogP contribution in [0.25, 0.3) is 5.57 Å². The van der Waals surface area contributed by atoms with Crippen LogP contribution in [0.15, 0.2) is 67.0 Å². The maximum atomic E-state index is 10.1. The Morgan fingerprint density at radius 1 is 1.37 bits per heavy atom. The molecule has 0 aromatic heterocycles. The zero-order valence-corrected chi connectivity index (χ0v) is 11.8. The zero-order chi connectivity index (χ0) is 14.3. The highest BCUT2D eigenvalue weighted by molar-refractivity contribution is 5.78. The third-order valence-electron chi connectivity index (χ3n) is 2.97. The zero-order valence-electron chi connectivity index (χ0n) is 11.8. The Hall–Kier alpha value is -2.02. The van der Waals surface area contributed by atoms with Crippen molar-refractivity contribution in [2.45, 2.75) is 26.7 Å². The second-order valence-electron chi connectivity index (χ2n) is 4.44. The molecule has 1 heteroatoms. The molecule has 0 amide bonds. The van der Waals surface area contributed by atoms with Gasteiger partial charge in [-0.05, 0) is 43.0 Å². The average Bonchev–Trinajstić information content (AvgIpc) is 2.44. The molecular formula is C18H22O. The SMILES string of the molecule is C=CCc1cccc(C(=C/C(=C)CC)/C(O)=C\C)c1. The smallest absolute Gasteiger partial charge is 0.119 e. The van der Waals surface area contributed by atoms with Crippen LogP contribution in [0.5, 0.6) is 0 Å². The van der Waals surface area contributed by atoms with E-state index >= 15 is 0 Å². The van der Waals surface area contributed by atoms with Crippen LogP contribution >= 0.6 is 0 Å². The lowest BCUT2D eigenvalue weighted by Gasteiger charge is -2.09. The second-order valence-corrected chi connectivity index (χ2v) is 4.44. The fourth-order valence-corrected chi connectivity index (χ4v) is 1.80. The number of rotatable bonds is 6. The van der Waals surface area contributed by atoms with E-state index in [1.54, 1.807) is 6.08 Å². The number of benzene rings is 1. The molecule has 0 unspecified atom stereocenters. The Labute approximate surface area is 116 Å². The van der Waals surface area contributed by atoms with Gasteiger partial charge >= 0.3 is 0 Å². The monoisotopic (exact) mass is 254 g/mol. The van der Waals surface area contributed by atoms with E-state index in [9.17, 15) is 5.11 Å². The van der Waals surface area contributed by atoms with Crippen LogP contribution in [-0.2, 0) is 6.42 Å². The van der Waals surface area contributed by atoms with E-state index in [0.29, 0.717) is 0 Å². The summed E-state index contributed by atoms with van der Waals surface area (Å²) in [6, 6.07) is 8.14. The highest BCUT2D eigenvalue weighted by Gasteiger charge is 2.07. The summed E-state index contributed by atoms with van der Waals surface area (Å²) in [6.07, 6.45) is 7.22. The molecule has 0 fully saturated rings. The van der Waals surface area contributed by atoms with E-state index in [2.05, 4.69) is 32.2 Å². The van der Waals surface area contributed by atoms with Crippen LogP contribution in [0.3, 0.4) is 0 Å². The first-order valence-corrected chi connectivity index (χ1v) is 6.57. The molecule has 1 aromatic carbocycles. The van der Waals surface area contributed by atoms with Gasteiger partial charge in [-0.25, -0.2) is 0 Å². The van der Waals surface area contributed by atoms with Gasteiger partial charge in [-0.3, -0.25) is 0 Å². The van der Waals surface area contributed by atoms with Crippen LogP contribution < -0.4 is 0 Å². The summed E-state index contributed by atoms with van der Waals surface area (Å²) in [7, 11) is 0. The summed E-state index contributed by atoms with van der Waals surface area (Å²) in [5, 5.41) is 10.1. The summed E-state index contributed by atoms with van der Waals surface area (Å²) in [5.41, 5.74) is 4.01. The van der Waals surface area contributed by atoms with E-state index in [0.717, 1.165) is 29.6 Å². The van der Waals surface area contributed by atoms with Crippen LogP contribution in [0.4, 0.5) is 0 Å². The Bertz CT molecular complexity index is 518. The Kier molecular flexibility index (Phi) is 5.87. The molecule has 0 radical (unpaired) electrons. The van der Waals surface area contributed by atoms with Gasteiger partial charge in [0.15, 0.2) is 0 Å². The predicted octanol–water partition coefficient (Wildman–Crippen LogP) is 5.23. The summed E-state index contributed by atoms with van der Waals surface area (Å²) < 4.78 is 0. The number of hydrogen-bond acceptors (Lipinski definition) is 1. The number of hydrogen-bond donors (Lipinski definition) is 1. The van der Waals surface area contributed by atoms with Gasteiger partial charge in [0.2, 0.25) is 0 Å². The van der Waals surface area contributed by atoms with E-state index in [-0.39, 0.29) is 5.76 Å². The van der Waals surface area contributed by atoms with Gasteiger partial charge in [-0.2, -0.15) is 0 Å². The molecule has 0 bridgehead atoms. The van der Waals surface area contributed by atoms with Gasteiger partial charge in [0.25, 0.3) is 0 Å². The van der Waals surface area contributed by atoms with E-state index < -0.39 is 0 Å². The van der Waals surface area contributed by atoms with Gasteiger partial charge in [0.05, 0.1) is 0 Å². The number of aliphatic hydroxyl groups excluding tert-OH is 1. The maximum absolute atomic E-state index is 10.1. The summed E-state index contributed by atoms with van der Waals surface area (Å²) in [4.78, 5) is 0. The van der Waals surface area contributed by atoms with Crippen molar-refractivity contribution >= 4 is 5.57 Å². The standard InChI is InChI=1S/C18H22O/c1-5-9-15-10-8-11-16(13-15)17(18(19)7-3)12-14(4)6-2/h5,7-8,10-13,19H,1,4,6,9H2,2-3H3/b17-12-,18-7+. The lowest BCUT2D eigenvalue weighted by molar-refractivity contribution is 0.436. The summed E-state index contributed by atoms with van der Waals surface area (Å²) in [6.45, 7) is 11.6. The fraction of sp³-hybridized carbons (Fsp3) is 0.222. The van der Waals surface area contributed by atoms with Gasteiger partial charge < -0.3 is 5.11 Å². The molecule has 0 aliphatic heterocycles. The summed E-state index contributed by atoms with van der Waals surface area (Å²) >= 11 is 0. The van der Waals surface area contributed by atoms with Crippen molar-refractivity contribution < 1.29 is 5.11 Å². The van der Waals surface area contributed by atoms with E-state index in [4.69, 9.17) is 0 Å². The maximum Gasteiger partial charge on any atom is 0.119 e. The topological polar surface area (TPSA) is 20.2 Å². The molecule has 0 saturated heterocycles.